The van der Waals surface area contributed by atoms with E-state index in [1.54, 1.807) is 0 Å². The van der Waals surface area contributed by atoms with Crippen LogP contribution < -0.4 is 0 Å². The van der Waals surface area contributed by atoms with Crippen LogP contribution in [0.2, 0.25) is 0 Å². The van der Waals surface area contributed by atoms with Crippen LogP contribution in [0.5, 0.6) is 0 Å². The molecule has 1 aliphatic rings. The fourth-order valence-electron chi connectivity index (χ4n) is 2.94. The molecule has 1 N–H and O–H groups in total. The zero-order valence-corrected chi connectivity index (χ0v) is 18.2. The van der Waals surface area contributed by atoms with Crippen LogP contribution in [0.15, 0.2) is 0 Å². The molecular weight excluding hydrogens is 363 g/mol. The summed E-state index contributed by atoms with van der Waals surface area (Å²) in [5, 5.41) is 10.1. The number of halogens is 2. The van der Waals surface area contributed by atoms with Crippen molar-refractivity contribution in [2.75, 3.05) is 51.3 Å². The SMILES string of the molecule is CCCCCCCCCCSCC(O)CN1CCN(C)CC1.Cl.Cl. The lowest BCUT2D eigenvalue weighted by molar-refractivity contribution is 0.0921. The molecule has 3 nitrogen and oxygen atoms in total. The summed E-state index contributed by atoms with van der Waals surface area (Å²) >= 11 is 1.94. The third-order valence-electron chi connectivity index (χ3n) is 4.52. The van der Waals surface area contributed by atoms with Crippen LogP contribution in [0, 0.1) is 0 Å². The number of hydrogen-bond acceptors (Lipinski definition) is 4. The van der Waals surface area contributed by atoms with Crippen LogP contribution in [0.4, 0.5) is 0 Å². The maximum atomic E-state index is 10.1. The minimum Gasteiger partial charge on any atom is -0.391 e. The van der Waals surface area contributed by atoms with Gasteiger partial charge in [-0.25, -0.2) is 0 Å². The predicted octanol–water partition coefficient (Wildman–Crippen LogP) is 4.31. The number of β-amino-alcohol motifs (C(OH)–C–C–N with tert-alkyl or cyclic N) is 1. The van der Waals surface area contributed by atoms with Crippen molar-refractivity contribution in [3.05, 3.63) is 0 Å². The summed E-state index contributed by atoms with van der Waals surface area (Å²) in [6.07, 6.45) is 10.9. The highest BCUT2D eigenvalue weighted by Gasteiger charge is 2.16. The van der Waals surface area contributed by atoms with Crippen molar-refractivity contribution in [3.63, 3.8) is 0 Å². The number of unbranched alkanes of at least 4 members (excludes halogenated alkanes) is 7. The normalized spacial score (nSPS) is 17.1. The Kier molecular flexibility index (Phi) is 20.9. The van der Waals surface area contributed by atoms with Crippen LogP contribution in [0.25, 0.3) is 0 Å². The van der Waals surface area contributed by atoms with Gasteiger partial charge in [0.2, 0.25) is 0 Å². The second-order valence-electron chi connectivity index (χ2n) is 6.81. The molecule has 0 amide bonds. The first-order valence-corrected chi connectivity index (χ1v) is 10.5. The molecule has 1 fully saturated rings. The molecule has 0 aromatic carbocycles. The highest BCUT2D eigenvalue weighted by atomic mass is 35.5. The zero-order valence-electron chi connectivity index (χ0n) is 15.8. The van der Waals surface area contributed by atoms with Gasteiger partial charge in [0.1, 0.15) is 0 Å². The van der Waals surface area contributed by atoms with E-state index in [4.69, 9.17) is 0 Å². The zero-order chi connectivity index (χ0) is 16.0. The van der Waals surface area contributed by atoms with Gasteiger partial charge in [0.15, 0.2) is 0 Å². The van der Waals surface area contributed by atoms with Gasteiger partial charge in [-0.05, 0) is 19.2 Å². The van der Waals surface area contributed by atoms with Crippen LogP contribution in [-0.4, -0.2) is 72.3 Å². The average Bonchev–Trinajstić information content (AvgIpc) is 2.51. The van der Waals surface area contributed by atoms with Crippen LogP contribution >= 0.6 is 36.6 Å². The summed E-state index contributed by atoms with van der Waals surface area (Å²) in [6.45, 7) is 7.62. The minimum absolute atomic E-state index is 0. The topological polar surface area (TPSA) is 26.7 Å². The van der Waals surface area contributed by atoms with Crippen molar-refractivity contribution < 1.29 is 5.11 Å². The molecule has 0 radical (unpaired) electrons. The maximum absolute atomic E-state index is 10.1. The van der Waals surface area contributed by atoms with Gasteiger partial charge in [0.05, 0.1) is 6.10 Å². The maximum Gasteiger partial charge on any atom is 0.0757 e. The molecule has 0 saturated carbocycles. The molecule has 0 aromatic rings. The van der Waals surface area contributed by atoms with Gasteiger partial charge in [-0.15, -0.1) is 24.8 Å². The largest absolute Gasteiger partial charge is 0.391 e. The number of aliphatic hydroxyl groups excluding tert-OH is 1. The van der Waals surface area contributed by atoms with Gasteiger partial charge in [-0.2, -0.15) is 11.8 Å². The number of thioether (sulfide) groups is 1. The smallest absolute Gasteiger partial charge is 0.0757 e. The summed E-state index contributed by atoms with van der Waals surface area (Å²) in [7, 11) is 2.17. The van der Waals surface area contributed by atoms with Gasteiger partial charge in [-0.1, -0.05) is 51.9 Å². The Bertz CT molecular complexity index is 255. The lowest BCUT2D eigenvalue weighted by Gasteiger charge is -2.33. The van der Waals surface area contributed by atoms with E-state index in [0.717, 1.165) is 38.5 Å². The van der Waals surface area contributed by atoms with Crippen molar-refractivity contribution in [3.8, 4) is 0 Å². The lowest BCUT2D eigenvalue weighted by Crippen LogP contribution is -2.47. The molecule has 1 unspecified atom stereocenters. The first kappa shape index (κ1) is 27.0. The van der Waals surface area contributed by atoms with Crippen molar-refractivity contribution in [1.29, 1.82) is 0 Å². The monoisotopic (exact) mass is 402 g/mol. The Morgan fingerprint density at radius 1 is 0.875 bits per heavy atom. The Hall–Kier alpha value is 0.810. The highest BCUT2D eigenvalue weighted by Crippen LogP contribution is 2.12. The molecule has 1 aliphatic heterocycles. The van der Waals surface area contributed by atoms with Gasteiger partial charge in [0, 0.05) is 38.5 Å². The number of nitrogens with zero attached hydrogens (tertiary/aromatic N) is 2. The minimum atomic E-state index is -0.151. The molecular formula is C18H40Cl2N2OS. The van der Waals surface area contributed by atoms with Gasteiger partial charge >= 0.3 is 0 Å². The van der Waals surface area contributed by atoms with Crippen LogP contribution in [0.1, 0.15) is 58.3 Å². The number of aliphatic hydroxyl groups is 1. The van der Waals surface area contributed by atoms with E-state index in [2.05, 4.69) is 23.8 Å². The Morgan fingerprint density at radius 2 is 1.42 bits per heavy atom. The second kappa shape index (κ2) is 18.6. The van der Waals surface area contributed by atoms with Crippen molar-refractivity contribution in [1.82, 2.24) is 9.80 Å². The fraction of sp³-hybridized carbons (Fsp3) is 1.00. The molecule has 0 aromatic heterocycles. The van der Waals surface area contributed by atoms with Crippen molar-refractivity contribution in [2.24, 2.45) is 0 Å². The summed E-state index contributed by atoms with van der Waals surface area (Å²) in [5.74, 6) is 2.12. The predicted molar refractivity (Wildman–Crippen MR) is 114 cm³/mol. The third-order valence-corrected chi connectivity index (χ3v) is 5.72. The average molecular weight is 404 g/mol. The van der Waals surface area contributed by atoms with Crippen molar-refractivity contribution in [2.45, 2.75) is 64.4 Å². The number of piperazine rings is 1. The Labute approximate surface area is 167 Å². The number of rotatable bonds is 13. The van der Waals surface area contributed by atoms with Gasteiger partial charge in [0.25, 0.3) is 0 Å². The van der Waals surface area contributed by atoms with Crippen LogP contribution in [0.3, 0.4) is 0 Å². The fourth-order valence-corrected chi connectivity index (χ4v) is 3.89. The molecule has 24 heavy (non-hydrogen) atoms. The highest BCUT2D eigenvalue weighted by molar-refractivity contribution is 7.99. The summed E-state index contributed by atoms with van der Waals surface area (Å²) in [4.78, 5) is 4.77. The molecule has 1 heterocycles. The van der Waals surface area contributed by atoms with E-state index in [9.17, 15) is 5.11 Å². The van der Waals surface area contributed by atoms with E-state index in [0.29, 0.717) is 0 Å². The lowest BCUT2D eigenvalue weighted by atomic mass is 10.1. The van der Waals surface area contributed by atoms with Crippen LogP contribution in [-0.2, 0) is 0 Å². The van der Waals surface area contributed by atoms with E-state index in [1.807, 2.05) is 11.8 Å². The first-order chi connectivity index (χ1) is 10.7. The Morgan fingerprint density at radius 3 is 2.00 bits per heavy atom. The standard InChI is InChI=1S/C18H38N2OS.2ClH/c1-3-4-5-6-7-8-9-10-15-22-17-18(21)16-20-13-11-19(2)12-14-20;;/h18,21H,3-17H2,1-2H3;2*1H. The number of hydrogen-bond donors (Lipinski definition) is 1. The molecule has 1 saturated heterocycles. The molecule has 148 valence electrons. The molecule has 0 spiro atoms. The molecule has 1 rings (SSSR count). The van der Waals surface area contributed by atoms with E-state index >= 15 is 0 Å². The molecule has 1 atom stereocenters. The van der Waals surface area contributed by atoms with E-state index in [1.165, 1.54) is 57.1 Å². The molecule has 0 aliphatic carbocycles. The summed E-state index contributed by atoms with van der Waals surface area (Å²) in [5.41, 5.74) is 0. The third kappa shape index (κ3) is 15.1. The van der Waals surface area contributed by atoms with E-state index in [-0.39, 0.29) is 30.9 Å². The van der Waals surface area contributed by atoms with Crippen molar-refractivity contribution >= 4 is 36.6 Å². The number of likely N-dealkylation sites (N-methyl/N-ethyl adjacent to an activating group) is 1. The Balaban J connectivity index is 0. The summed E-state index contributed by atoms with van der Waals surface area (Å²) in [6, 6.07) is 0. The quantitative estimate of drug-likeness (QED) is 0.464. The first-order valence-electron chi connectivity index (χ1n) is 9.39. The second-order valence-corrected chi connectivity index (χ2v) is 7.96. The summed E-state index contributed by atoms with van der Waals surface area (Å²) < 4.78 is 0. The molecule has 0 bridgehead atoms. The molecule has 6 heteroatoms. The van der Waals surface area contributed by atoms with E-state index < -0.39 is 0 Å². The van der Waals surface area contributed by atoms with Gasteiger partial charge in [-0.3, -0.25) is 4.90 Å². The van der Waals surface area contributed by atoms with Gasteiger partial charge < -0.3 is 10.0 Å².